The van der Waals surface area contributed by atoms with Crippen LogP contribution in [0.2, 0.25) is 0 Å². The topological polar surface area (TPSA) is 122 Å². The number of imidazole rings is 1. The number of amides is 1. The Morgan fingerprint density at radius 1 is 1.19 bits per heavy atom. The van der Waals surface area contributed by atoms with E-state index in [-0.39, 0.29) is 12.0 Å². The van der Waals surface area contributed by atoms with Crippen molar-refractivity contribution in [1.82, 2.24) is 30.4 Å². The molecule has 1 aliphatic heterocycles. The smallest absolute Gasteiger partial charge is 0.287 e. The summed E-state index contributed by atoms with van der Waals surface area (Å²) in [5.41, 5.74) is 4.21. The van der Waals surface area contributed by atoms with Crippen molar-refractivity contribution in [2.75, 3.05) is 13.2 Å². The second-order valence-electron chi connectivity index (χ2n) is 7.89. The van der Waals surface area contributed by atoms with Gasteiger partial charge < -0.3 is 24.5 Å². The van der Waals surface area contributed by atoms with Crippen LogP contribution < -0.4 is 5.32 Å². The highest BCUT2D eigenvalue weighted by molar-refractivity contribution is 5.92. The fraction of sp³-hybridized carbons (Fsp3) is 0.364. The summed E-state index contributed by atoms with van der Waals surface area (Å²) >= 11 is 0. The summed E-state index contributed by atoms with van der Waals surface area (Å²) in [6.07, 6.45) is 3.29. The maximum atomic E-state index is 12.6. The molecule has 9 nitrogen and oxygen atoms in total. The number of carbonyl (C=O) groups is 1. The molecule has 1 fully saturated rings. The van der Waals surface area contributed by atoms with Crippen LogP contribution in [0.1, 0.15) is 41.4 Å². The van der Waals surface area contributed by atoms with Crippen molar-refractivity contribution in [2.45, 2.75) is 39.2 Å². The molecule has 0 spiro atoms. The Morgan fingerprint density at radius 3 is 2.87 bits per heavy atom. The lowest BCUT2D eigenvalue weighted by Crippen LogP contribution is -2.35. The first-order valence-corrected chi connectivity index (χ1v) is 10.5. The third kappa shape index (κ3) is 3.96. The first kappa shape index (κ1) is 19.5. The van der Waals surface area contributed by atoms with Gasteiger partial charge in [0, 0.05) is 35.3 Å². The third-order valence-electron chi connectivity index (χ3n) is 5.52. The molecule has 1 aromatic carbocycles. The molecule has 4 aromatic rings. The molecule has 3 N–H and O–H groups in total. The normalized spacial score (nSPS) is 16.6. The number of carbonyl (C=O) groups excluding carboxylic acids is 1. The SMILES string of the molecule is Cc1noc(-c2cc3cc(-c4nc(C(=O)NCC5CCCCO5)[nH]c4C)ccc3[nH]2)n1. The number of ether oxygens (including phenoxy) is 1. The van der Waals surface area contributed by atoms with Crippen LogP contribution in [0.3, 0.4) is 0 Å². The third-order valence-corrected chi connectivity index (χ3v) is 5.52. The van der Waals surface area contributed by atoms with E-state index >= 15 is 0 Å². The van der Waals surface area contributed by atoms with Crippen LogP contribution >= 0.6 is 0 Å². The highest BCUT2D eigenvalue weighted by Crippen LogP contribution is 2.28. The predicted octanol–water partition coefficient (Wildman–Crippen LogP) is 3.52. The maximum Gasteiger partial charge on any atom is 0.287 e. The number of nitrogens with one attached hydrogen (secondary N) is 3. The lowest BCUT2D eigenvalue weighted by Gasteiger charge is -2.22. The summed E-state index contributed by atoms with van der Waals surface area (Å²) in [6, 6.07) is 7.94. The number of hydrogen-bond donors (Lipinski definition) is 3. The van der Waals surface area contributed by atoms with E-state index in [0.717, 1.165) is 59.4 Å². The van der Waals surface area contributed by atoms with Crippen LogP contribution in [0, 0.1) is 13.8 Å². The van der Waals surface area contributed by atoms with Crippen molar-refractivity contribution >= 4 is 16.8 Å². The fourth-order valence-electron chi connectivity index (χ4n) is 3.91. The molecule has 1 aliphatic rings. The molecular weight excluding hydrogens is 396 g/mol. The van der Waals surface area contributed by atoms with Crippen LogP contribution in [0.25, 0.3) is 33.7 Å². The van der Waals surface area contributed by atoms with Gasteiger partial charge in [-0.3, -0.25) is 4.79 Å². The zero-order chi connectivity index (χ0) is 21.4. The van der Waals surface area contributed by atoms with Crippen LogP contribution in [-0.4, -0.2) is 50.3 Å². The zero-order valence-electron chi connectivity index (χ0n) is 17.5. The van der Waals surface area contributed by atoms with Crippen molar-refractivity contribution in [2.24, 2.45) is 0 Å². The second-order valence-corrected chi connectivity index (χ2v) is 7.89. The van der Waals surface area contributed by atoms with Gasteiger partial charge in [-0.2, -0.15) is 4.98 Å². The molecule has 1 saturated heterocycles. The number of benzene rings is 1. The molecule has 1 atom stereocenters. The minimum absolute atomic E-state index is 0.0843. The summed E-state index contributed by atoms with van der Waals surface area (Å²) in [5, 5.41) is 7.76. The van der Waals surface area contributed by atoms with Crippen LogP contribution in [0.15, 0.2) is 28.8 Å². The van der Waals surface area contributed by atoms with Gasteiger partial charge in [-0.05, 0) is 51.3 Å². The Balaban J connectivity index is 1.36. The number of fused-ring (bicyclic) bond motifs is 1. The molecule has 160 valence electrons. The van der Waals surface area contributed by atoms with Gasteiger partial charge in [-0.15, -0.1) is 0 Å². The van der Waals surface area contributed by atoms with E-state index in [9.17, 15) is 4.79 Å². The van der Waals surface area contributed by atoms with Crippen molar-refractivity contribution in [3.63, 3.8) is 0 Å². The van der Waals surface area contributed by atoms with Crippen molar-refractivity contribution < 1.29 is 14.1 Å². The first-order valence-electron chi connectivity index (χ1n) is 10.5. The summed E-state index contributed by atoms with van der Waals surface area (Å²) in [7, 11) is 0. The minimum Gasteiger partial charge on any atom is -0.376 e. The molecule has 0 radical (unpaired) electrons. The number of aromatic nitrogens is 5. The van der Waals surface area contributed by atoms with E-state index < -0.39 is 0 Å². The molecule has 9 heteroatoms. The summed E-state index contributed by atoms with van der Waals surface area (Å²) < 4.78 is 10.9. The van der Waals surface area contributed by atoms with Gasteiger partial charge in [0.15, 0.2) is 11.6 Å². The number of aromatic amines is 2. The highest BCUT2D eigenvalue weighted by atomic mass is 16.5. The van der Waals surface area contributed by atoms with Gasteiger partial charge in [0.1, 0.15) is 5.69 Å². The standard InChI is InChI=1S/C22H24N6O3/c1-12-19(27-20(24-12)21(29)23-11-16-5-3-4-8-30-16)14-6-7-17-15(9-14)10-18(26-17)22-25-13(2)28-31-22/h6-7,9-10,16,26H,3-5,8,11H2,1-2H3,(H,23,29)(H,24,27). The lowest BCUT2D eigenvalue weighted by molar-refractivity contribution is 0.0168. The molecule has 0 saturated carbocycles. The highest BCUT2D eigenvalue weighted by Gasteiger charge is 2.19. The number of hydrogen-bond acceptors (Lipinski definition) is 6. The monoisotopic (exact) mass is 420 g/mol. The van der Waals surface area contributed by atoms with Gasteiger partial charge >= 0.3 is 0 Å². The van der Waals surface area contributed by atoms with Gasteiger partial charge in [0.2, 0.25) is 0 Å². The van der Waals surface area contributed by atoms with Crippen LogP contribution in [-0.2, 0) is 4.74 Å². The fourth-order valence-corrected chi connectivity index (χ4v) is 3.91. The Bertz CT molecular complexity index is 1230. The maximum absolute atomic E-state index is 12.6. The minimum atomic E-state index is -0.222. The Hall–Kier alpha value is -3.46. The number of nitrogens with zero attached hydrogens (tertiary/aromatic N) is 3. The first-order chi connectivity index (χ1) is 15.1. The van der Waals surface area contributed by atoms with Crippen molar-refractivity contribution in [1.29, 1.82) is 0 Å². The van der Waals surface area contributed by atoms with Gasteiger partial charge in [0.25, 0.3) is 11.8 Å². The summed E-state index contributed by atoms with van der Waals surface area (Å²) in [5.74, 6) is 1.12. The summed E-state index contributed by atoms with van der Waals surface area (Å²) in [6.45, 7) is 4.96. The van der Waals surface area contributed by atoms with E-state index in [1.54, 1.807) is 6.92 Å². The van der Waals surface area contributed by atoms with E-state index in [1.807, 2.05) is 31.2 Å². The lowest BCUT2D eigenvalue weighted by atomic mass is 10.1. The number of aryl methyl sites for hydroxylation is 2. The van der Waals surface area contributed by atoms with Gasteiger partial charge in [0.05, 0.1) is 11.8 Å². The largest absolute Gasteiger partial charge is 0.376 e. The molecule has 1 unspecified atom stereocenters. The van der Waals surface area contributed by atoms with E-state index in [2.05, 4.69) is 30.4 Å². The molecule has 4 heterocycles. The zero-order valence-corrected chi connectivity index (χ0v) is 17.5. The molecule has 0 bridgehead atoms. The second kappa shape index (κ2) is 7.99. The molecular formula is C22H24N6O3. The average molecular weight is 420 g/mol. The van der Waals surface area contributed by atoms with Crippen molar-refractivity contribution in [3.8, 4) is 22.8 Å². The van der Waals surface area contributed by atoms with E-state index in [4.69, 9.17) is 9.26 Å². The van der Waals surface area contributed by atoms with Crippen LogP contribution in [0.4, 0.5) is 0 Å². The number of H-pyrrole nitrogens is 2. The predicted molar refractivity (Wildman–Crippen MR) is 115 cm³/mol. The number of rotatable bonds is 5. The van der Waals surface area contributed by atoms with Crippen LogP contribution in [0.5, 0.6) is 0 Å². The molecule has 0 aliphatic carbocycles. The quantitative estimate of drug-likeness (QED) is 0.454. The average Bonchev–Trinajstić information content (AvgIpc) is 3.50. The molecule has 31 heavy (non-hydrogen) atoms. The van der Waals surface area contributed by atoms with Crippen molar-refractivity contribution in [3.05, 3.63) is 41.6 Å². The molecule has 5 rings (SSSR count). The molecule has 1 amide bonds. The Morgan fingerprint density at radius 2 is 2.10 bits per heavy atom. The Kier molecular flexibility index (Phi) is 5.03. The Labute approximate surface area is 178 Å². The molecule has 3 aromatic heterocycles. The van der Waals surface area contributed by atoms with Gasteiger partial charge in [-0.1, -0.05) is 11.2 Å². The van der Waals surface area contributed by atoms with E-state index in [1.165, 1.54) is 0 Å². The van der Waals surface area contributed by atoms with E-state index in [0.29, 0.717) is 24.1 Å². The summed E-state index contributed by atoms with van der Waals surface area (Å²) in [4.78, 5) is 27.8. The van der Waals surface area contributed by atoms with Gasteiger partial charge in [-0.25, -0.2) is 4.98 Å².